The van der Waals surface area contributed by atoms with Gasteiger partial charge in [0.1, 0.15) is 25.5 Å². The number of hydrogen-bond donors (Lipinski definition) is 2. The van der Waals surface area contributed by atoms with Crippen LogP contribution in [0.2, 0.25) is 0 Å². The van der Waals surface area contributed by atoms with E-state index in [4.69, 9.17) is 5.73 Å². The van der Waals surface area contributed by atoms with Crippen LogP contribution in [0.1, 0.15) is 52.8 Å². The Hall–Kier alpha value is -0.380. The SMILES string of the molecule is NC1(S(=O)(=O)[O-])C2=C(C(=O)c3ccccc3C2=O)C(NC2CCCCC2)=CC1S(=O)(=O)[O-].[Na+].[Na+]. The summed E-state index contributed by atoms with van der Waals surface area (Å²) in [7, 11) is -11.3. The summed E-state index contributed by atoms with van der Waals surface area (Å²) in [6.45, 7) is 0. The monoisotopic (exact) mass is 526 g/mol. The van der Waals surface area contributed by atoms with Gasteiger partial charge in [-0.25, -0.2) is 16.8 Å². The molecule has 1 aromatic rings. The molecule has 3 aliphatic carbocycles. The van der Waals surface area contributed by atoms with Crippen molar-refractivity contribution in [2.24, 2.45) is 5.73 Å². The molecule has 2 atom stereocenters. The zero-order valence-corrected chi connectivity index (χ0v) is 24.4. The van der Waals surface area contributed by atoms with E-state index < -0.39 is 53.1 Å². The standard InChI is InChI=1S/C20H22N2O8S2.2Na/c21-20(32(28,29)30)15(31(25,26)27)10-14(22-11-6-2-1-3-7-11)16-17(20)19(24)13-9-5-4-8-12(13)18(16)23;;/h4-5,8-11,15,22H,1-3,6-7,21H2,(H,25,26,27)(H,28,29,30);;/q;2*+1/p-2. The number of fused-ring (bicyclic) bond motifs is 1. The van der Waals surface area contributed by atoms with Crippen LogP contribution in [-0.2, 0) is 20.2 Å². The van der Waals surface area contributed by atoms with E-state index >= 15 is 0 Å². The molecule has 0 saturated heterocycles. The summed E-state index contributed by atoms with van der Waals surface area (Å²) >= 11 is 0. The molecule has 0 aromatic heterocycles. The van der Waals surface area contributed by atoms with E-state index in [1.165, 1.54) is 24.3 Å². The Balaban J connectivity index is 0.00000204. The van der Waals surface area contributed by atoms with E-state index in [9.17, 15) is 35.5 Å². The summed E-state index contributed by atoms with van der Waals surface area (Å²) in [5.41, 5.74) is 3.93. The predicted octanol–water partition coefficient (Wildman–Crippen LogP) is -5.70. The molecule has 0 bridgehead atoms. The van der Waals surface area contributed by atoms with Crippen LogP contribution < -0.4 is 70.2 Å². The maximum atomic E-state index is 13.3. The fourth-order valence-corrected chi connectivity index (χ4v) is 7.01. The predicted molar refractivity (Wildman–Crippen MR) is 110 cm³/mol. The van der Waals surface area contributed by atoms with Gasteiger partial charge in [0, 0.05) is 28.4 Å². The normalized spacial score (nSPS) is 25.4. The summed E-state index contributed by atoms with van der Waals surface area (Å²) in [6.07, 6.45) is 4.79. The van der Waals surface area contributed by atoms with Gasteiger partial charge in [-0.3, -0.25) is 9.59 Å². The second kappa shape index (κ2) is 10.5. The first-order valence-corrected chi connectivity index (χ1v) is 12.9. The fraction of sp³-hybridized carbons (Fsp3) is 0.400. The van der Waals surface area contributed by atoms with Crippen LogP contribution in [0.25, 0.3) is 0 Å². The van der Waals surface area contributed by atoms with Crippen LogP contribution in [0.4, 0.5) is 0 Å². The fourth-order valence-electron chi connectivity index (χ4n) is 4.66. The molecule has 14 heteroatoms. The average molecular weight is 527 g/mol. The van der Waals surface area contributed by atoms with Crippen molar-refractivity contribution in [1.82, 2.24) is 5.32 Å². The number of ketones is 2. The molecule has 34 heavy (non-hydrogen) atoms. The third kappa shape index (κ3) is 4.92. The van der Waals surface area contributed by atoms with Gasteiger partial charge in [0.2, 0.25) is 0 Å². The van der Waals surface area contributed by atoms with Gasteiger partial charge in [-0.2, -0.15) is 0 Å². The molecule has 0 spiro atoms. The van der Waals surface area contributed by atoms with Crippen LogP contribution in [0, 0.1) is 0 Å². The first-order chi connectivity index (χ1) is 14.9. The van der Waals surface area contributed by atoms with Crippen molar-refractivity contribution in [3.8, 4) is 0 Å². The Morgan fingerprint density at radius 3 is 1.94 bits per heavy atom. The molecule has 4 rings (SSSR count). The summed E-state index contributed by atoms with van der Waals surface area (Å²) in [5.74, 6) is -1.87. The van der Waals surface area contributed by atoms with E-state index in [-0.39, 0.29) is 82.0 Å². The molecular weight excluding hydrogens is 506 g/mol. The second-order valence-corrected chi connectivity index (χ2v) is 11.3. The van der Waals surface area contributed by atoms with Gasteiger partial charge in [-0.15, -0.1) is 0 Å². The number of Topliss-reactive ketones (excluding diaryl/α,β-unsaturated/α-hetero) is 2. The maximum Gasteiger partial charge on any atom is 1.00 e. The van der Waals surface area contributed by atoms with Gasteiger partial charge in [-0.1, -0.05) is 43.5 Å². The third-order valence-electron chi connectivity index (χ3n) is 6.21. The van der Waals surface area contributed by atoms with Crippen molar-refractivity contribution in [1.29, 1.82) is 0 Å². The number of carbonyl (C=O) groups excluding carboxylic acids is 2. The van der Waals surface area contributed by atoms with Crippen LogP contribution >= 0.6 is 0 Å². The van der Waals surface area contributed by atoms with Crippen molar-refractivity contribution in [3.63, 3.8) is 0 Å². The van der Waals surface area contributed by atoms with E-state index in [2.05, 4.69) is 5.32 Å². The van der Waals surface area contributed by atoms with Crippen molar-refractivity contribution in [2.75, 3.05) is 0 Å². The Kier molecular flexibility index (Phi) is 9.26. The Morgan fingerprint density at radius 1 is 0.912 bits per heavy atom. The number of nitrogens with one attached hydrogen (secondary N) is 1. The zero-order chi connectivity index (χ0) is 23.5. The van der Waals surface area contributed by atoms with Gasteiger partial charge in [0.15, 0.2) is 16.4 Å². The van der Waals surface area contributed by atoms with Gasteiger partial charge in [0.05, 0.1) is 5.57 Å². The van der Waals surface area contributed by atoms with E-state index in [0.717, 1.165) is 19.3 Å². The zero-order valence-electron chi connectivity index (χ0n) is 18.7. The molecule has 0 aliphatic heterocycles. The molecule has 1 saturated carbocycles. The minimum absolute atomic E-state index is 0. The van der Waals surface area contributed by atoms with E-state index in [0.29, 0.717) is 18.9 Å². The van der Waals surface area contributed by atoms with Crippen LogP contribution in [0.3, 0.4) is 0 Å². The minimum Gasteiger partial charge on any atom is -0.747 e. The number of rotatable bonds is 4. The molecule has 2 unspecified atom stereocenters. The van der Waals surface area contributed by atoms with Gasteiger partial charge in [0.25, 0.3) is 0 Å². The van der Waals surface area contributed by atoms with Gasteiger partial charge >= 0.3 is 59.1 Å². The summed E-state index contributed by atoms with van der Waals surface area (Å²) in [5, 5.41) is 0.411. The molecule has 0 radical (unpaired) electrons. The molecule has 1 fully saturated rings. The van der Waals surface area contributed by atoms with Crippen molar-refractivity contribution in [2.45, 2.75) is 48.3 Å². The number of allylic oxidation sites excluding steroid dienone is 1. The van der Waals surface area contributed by atoms with Crippen LogP contribution in [-0.4, -0.2) is 53.7 Å². The molecule has 10 nitrogen and oxygen atoms in total. The molecule has 3 aliphatic rings. The molecule has 3 N–H and O–H groups in total. The smallest absolute Gasteiger partial charge is 0.747 e. The summed E-state index contributed by atoms with van der Waals surface area (Å²) in [6, 6.07) is 5.32. The Morgan fingerprint density at radius 2 is 1.44 bits per heavy atom. The molecule has 1 aromatic carbocycles. The second-order valence-electron chi connectivity index (χ2n) is 8.17. The van der Waals surface area contributed by atoms with Gasteiger partial charge in [-0.05, 0) is 18.9 Å². The van der Waals surface area contributed by atoms with E-state index in [1.807, 2.05) is 0 Å². The number of carbonyl (C=O) groups is 2. The first kappa shape index (κ1) is 29.8. The van der Waals surface area contributed by atoms with Crippen molar-refractivity contribution in [3.05, 3.63) is 58.3 Å². The molecule has 0 heterocycles. The third-order valence-corrected chi connectivity index (χ3v) is 8.78. The van der Waals surface area contributed by atoms with Crippen molar-refractivity contribution >= 4 is 31.8 Å². The largest absolute Gasteiger partial charge is 1.00 e. The van der Waals surface area contributed by atoms with Crippen LogP contribution in [0.5, 0.6) is 0 Å². The topological polar surface area (TPSA) is 187 Å². The molecule has 0 amide bonds. The molecular formula is C20H20N2Na2O8S2. The van der Waals surface area contributed by atoms with Gasteiger partial charge < -0.3 is 20.2 Å². The Bertz CT molecular complexity index is 1300. The summed E-state index contributed by atoms with van der Waals surface area (Å²) < 4.78 is 72.9. The number of hydrogen-bond acceptors (Lipinski definition) is 10. The first-order valence-electron chi connectivity index (χ1n) is 9.98. The number of benzene rings is 1. The number of nitrogens with two attached hydrogens (primary N) is 1. The van der Waals surface area contributed by atoms with Crippen LogP contribution in [0.15, 0.2) is 47.2 Å². The Labute approximate surface area is 241 Å². The quantitative estimate of drug-likeness (QED) is 0.283. The maximum absolute atomic E-state index is 13.3. The average Bonchev–Trinajstić information content (AvgIpc) is 2.72. The molecule has 172 valence electrons. The minimum atomic E-state index is -5.80. The summed E-state index contributed by atoms with van der Waals surface area (Å²) in [4.78, 5) is 23.2. The van der Waals surface area contributed by atoms with Crippen molar-refractivity contribution < 1.29 is 94.6 Å². The van der Waals surface area contributed by atoms with E-state index in [1.54, 1.807) is 0 Å².